The van der Waals surface area contributed by atoms with Gasteiger partial charge in [-0.05, 0) is 30.2 Å². The minimum atomic E-state index is 0.424. The molecule has 2 rings (SSSR count). The maximum Gasteiger partial charge on any atom is 0.142 e. The average molecular weight is 216 g/mol. The lowest BCUT2D eigenvalue weighted by atomic mass is 10.1. The Balaban J connectivity index is 2.65. The first-order chi connectivity index (χ1) is 7.63. The number of ether oxygens (including phenoxy) is 1. The van der Waals surface area contributed by atoms with Crippen LogP contribution in [0.15, 0.2) is 24.3 Å². The monoisotopic (exact) mass is 216 g/mol. The van der Waals surface area contributed by atoms with Gasteiger partial charge in [0.15, 0.2) is 0 Å². The molecule has 0 radical (unpaired) electrons. The lowest BCUT2D eigenvalue weighted by molar-refractivity contribution is 0.417. The van der Waals surface area contributed by atoms with Crippen LogP contribution in [-0.4, -0.2) is 12.1 Å². The smallest absolute Gasteiger partial charge is 0.142 e. The summed E-state index contributed by atoms with van der Waals surface area (Å²) in [5.41, 5.74) is 8.65. The molecule has 0 bridgehead atoms. The quantitative estimate of drug-likeness (QED) is 0.785. The van der Waals surface area contributed by atoms with Crippen molar-refractivity contribution in [1.82, 2.24) is 4.98 Å². The summed E-state index contributed by atoms with van der Waals surface area (Å²) < 4.78 is 5.18. The van der Waals surface area contributed by atoms with Crippen molar-refractivity contribution in [3.63, 3.8) is 0 Å². The van der Waals surface area contributed by atoms with Crippen LogP contribution in [0.25, 0.3) is 10.9 Å². The van der Waals surface area contributed by atoms with Crippen molar-refractivity contribution in [2.45, 2.75) is 19.8 Å². The number of hydrogen-bond acceptors (Lipinski definition) is 3. The van der Waals surface area contributed by atoms with Crippen molar-refractivity contribution in [3.8, 4) is 5.75 Å². The number of nitrogens with zero attached hydrogens (tertiary/aromatic N) is 1. The van der Waals surface area contributed by atoms with Crippen LogP contribution in [-0.2, 0) is 0 Å². The molecule has 1 aromatic carbocycles. The van der Waals surface area contributed by atoms with Gasteiger partial charge < -0.3 is 10.5 Å². The molecular weight excluding hydrogens is 200 g/mol. The van der Waals surface area contributed by atoms with Crippen LogP contribution in [0.4, 0.5) is 5.69 Å². The zero-order chi connectivity index (χ0) is 11.7. The van der Waals surface area contributed by atoms with Gasteiger partial charge in [-0.2, -0.15) is 0 Å². The van der Waals surface area contributed by atoms with Gasteiger partial charge in [0.05, 0.1) is 18.3 Å². The topological polar surface area (TPSA) is 48.1 Å². The van der Waals surface area contributed by atoms with E-state index in [1.165, 1.54) is 0 Å². The third kappa shape index (κ3) is 1.69. The number of hydrogen-bond donors (Lipinski definition) is 1. The summed E-state index contributed by atoms with van der Waals surface area (Å²) in [4.78, 5) is 4.58. The molecule has 0 amide bonds. The van der Waals surface area contributed by atoms with E-state index >= 15 is 0 Å². The second-order valence-corrected chi connectivity index (χ2v) is 4.14. The maximum absolute atomic E-state index is 5.99. The average Bonchev–Trinajstić information content (AvgIpc) is 2.29. The van der Waals surface area contributed by atoms with Crippen molar-refractivity contribution in [3.05, 3.63) is 30.0 Å². The summed E-state index contributed by atoms with van der Waals surface area (Å²) in [7, 11) is 1.62. The zero-order valence-electron chi connectivity index (χ0n) is 9.82. The van der Waals surface area contributed by atoms with Crippen molar-refractivity contribution in [2.75, 3.05) is 12.8 Å². The molecule has 3 nitrogen and oxygen atoms in total. The summed E-state index contributed by atoms with van der Waals surface area (Å²) in [6.07, 6.45) is 0. The highest BCUT2D eigenvalue weighted by molar-refractivity contribution is 5.93. The summed E-state index contributed by atoms with van der Waals surface area (Å²) in [5, 5.41) is 0.948. The maximum atomic E-state index is 5.99. The van der Waals surface area contributed by atoms with Gasteiger partial charge in [-0.3, -0.25) is 4.98 Å². The van der Waals surface area contributed by atoms with Gasteiger partial charge in [0.25, 0.3) is 0 Å². The van der Waals surface area contributed by atoms with Gasteiger partial charge in [-0.25, -0.2) is 0 Å². The van der Waals surface area contributed by atoms with Crippen LogP contribution in [0, 0.1) is 0 Å². The fourth-order valence-corrected chi connectivity index (χ4v) is 1.72. The van der Waals surface area contributed by atoms with E-state index in [9.17, 15) is 0 Å². The van der Waals surface area contributed by atoms with E-state index in [1.807, 2.05) is 24.3 Å². The Kier molecular flexibility index (Phi) is 2.69. The first kappa shape index (κ1) is 10.7. The van der Waals surface area contributed by atoms with Crippen LogP contribution in [0.1, 0.15) is 25.5 Å². The SMILES string of the molecule is COc1ccc2nc(C(C)C)ccc2c1N. The number of nitrogen functional groups attached to an aromatic ring is 1. The Morgan fingerprint density at radius 2 is 1.94 bits per heavy atom. The highest BCUT2D eigenvalue weighted by atomic mass is 16.5. The highest BCUT2D eigenvalue weighted by Crippen LogP contribution is 2.30. The molecule has 0 aliphatic carbocycles. The Morgan fingerprint density at radius 1 is 1.19 bits per heavy atom. The predicted molar refractivity (Wildman–Crippen MR) is 66.8 cm³/mol. The number of benzene rings is 1. The van der Waals surface area contributed by atoms with Gasteiger partial charge in [0, 0.05) is 11.1 Å². The molecule has 0 saturated heterocycles. The molecule has 2 N–H and O–H groups in total. The molecule has 1 aromatic heterocycles. The first-order valence-corrected chi connectivity index (χ1v) is 5.36. The molecule has 1 heterocycles. The third-order valence-electron chi connectivity index (χ3n) is 2.71. The minimum Gasteiger partial charge on any atom is -0.495 e. The molecule has 0 spiro atoms. The minimum absolute atomic E-state index is 0.424. The molecule has 84 valence electrons. The van der Waals surface area contributed by atoms with Crippen LogP contribution in [0.2, 0.25) is 0 Å². The van der Waals surface area contributed by atoms with E-state index in [0.29, 0.717) is 17.4 Å². The second-order valence-electron chi connectivity index (χ2n) is 4.14. The first-order valence-electron chi connectivity index (χ1n) is 5.36. The zero-order valence-corrected chi connectivity index (χ0v) is 9.82. The molecule has 0 aliphatic rings. The van der Waals surface area contributed by atoms with Crippen molar-refractivity contribution >= 4 is 16.6 Å². The Hall–Kier alpha value is -1.77. The van der Waals surface area contributed by atoms with Crippen molar-refractivity contribution < 1.29 is 4.74 Å². The second kappa shape index (κ2) is 4.00. The van der Waals surface area contributed by atoms with Crippen LogP contribution < -0.4 is 10.5 Å². The van der Waals surface area contributed by atoms with E-state index in [1.54, 1.807) is 7.11 Å². The number of nitrogens with two attached hydrogens (primary N) is 1. The lowest BCUT2D eigenvalue weighted by Gasteiger charge is -2.10. The van der Waals surface area contributed by atoms with Crippen LogP contribution >= 0.6 is 0 Å². The number of anilines is 1. The Morgan fingerprint density at radius 3 is 2.56 bits per heavy atom. The largest absolute Gasteiger partial charge is 0.495 e. The van der Waals surface area contributed by atoms with Crippen LogP contribution in [0.5, 0.6) is 5.75 Å². The predicted octanol–water partition coefficient (Wildman–Crippen LogP) is 2.95. The van der Waals surface area contributed by atoms with E-state index < -0.39 is 0 Å². The summed E-state index contributed by atoms with van der Waals surface area (Å²) in [6, 6.07) is 7.82. The van der Waals surface area contributed by atoms with Crippen molar-refractivity contribution in [1.29, 1.82) is 0 Å². The lowest BCUT2D eigenvalue weighted by Crippen LogP contribution is -1.97. The number of aromatic nitrogens is 1. The fraction of sp³-hybridized carbons (Fsp3) is 0.308. The number of rotatable bonds is 2. The van der Waals surface area contributed by atoms with E-state index in [0.717, 1.165) is 16.6 Å². The van der Waals surface area contributed by atoms with E-state index in [2.05, 4.69) is 18.8 Å². The third-order valence-corrected chi connectivity index (χ3v) is 2.71. The Bertz CT molecular complexity index is 521. The van der Waals surface area contributed by atoms with E-state index in [4.69, 9.17) is 10.5 Å². The van der Waals surface area contributed by atoms with Gasteiger partial charge in [0.1, 0.15) is 5.75 Å². The summed E-state index contributed by atoms with van der Waals surface area (Å²) in [6.45, 7) is 4.25. The fourth-order valence-electron chi connectivity index (χ4n) is 1.72. The summed E-state index contributed by atoms with van der Waals surface area (Å²) in [5.74, 6) is 1.12. The highest BCUT2D eigenvalue weighted by Gasteiger charge is 2.07. The van der Waals surface area contributed by atoms with Gasteiger partial charge in [-0.1, -0.05) is 13.8 Å². The molecule has 16 heavy (non-hydrogen) atoms. The molecule has 0 atom stereocenters. The number of pyridine rings is 1. The normalized spacial score (nSPS) is 11.0. The molecule has 0 fully saturated rings. The standard InChI is InChI=1S/C13H16N2O/c1-8(2)10-5-4-9-11(15-10)6-7-12(16-3)13(9)14/h4-8H,14H2,1-3H3. The molecular formula is C13H16N2O. The molecule has 3 heteroatoms. The molecule has 0 unspecified atom stereocenters. The van der Waals surface area contributed by atoms with Gasteiger partial charge >= 0.3 is 0 Å². The number of fused-ring (bicyclic) bond motifs is 1. The number of methoxy groups -OCH3 is 1. The molecule has 0 aliphatic heterocycles. The van der Waals surface area contributed by atoms with Crippen LogP contribution in [0.3, 0.4) is 0 Å². The molecule has 0 saturated carbocycles. The van der Waals surface area contributed by atoms with Crippen molar-refractivity contribution in [2.24, 2.45) is 0 Å². The Labute approximate surface area is 95.2 Å². The molecule has 2 aromatic rings. The summed E-state index contributed by atoms with van der Waals surface area (Å²) >= 11 is 0. The van der Waals surface area contributed by atoms with E-state index in [-0.39, 0.29) is 0 Å². The van der Waals surface area contributed by atoms with Gasteiger partial charge in [-0.15, -0.1) is 0 Å². The van der Waals surface area contributed by atoms with Gasteiger partial charge in [0.2, 0.25) is 0 Å².